The molecule has 2 N–H and O–H groups in total. The second kappa shape index (κ2) is 8.92. The molecule has 2 aromatic carbocycles. The van der Waals surface area contributed by atoms with Crippen molar-refractivity contribution < 1.29 is 4.74 Å². The molecule has 0 aliphatic carbocycles. The maximum Gasteiger partial charge on any atom is 0.228 e. The average molecular weight is 435 g/mol. The van der Waals surface area contributed by atoms with Gasteiger partial charge in [0.15, 0.2) is 0 Å². The Morgan fingerprint density at radius 2 is 1.70 bits per heavy atom. The van der Waals surface area contributed by atoms with E-state index in [0.29, 0.717) is 17.6 Å². The molecular formula is C26H22N6O. The van der Waals surface area contributed by atoms with E-state index in [1.165, 1.54) is 0 Å². The molecule has 7 nitrogen and oxygen atoms in total. The van der Waals surface area contributed by atoms with Gasteiger partial charge in [0.1, 0.15) is 11.6 Å². The van der Waals surface area contributed by atoms with Crippen molar-refractivity contribution in [1.29, 1.82) is 0 Å². The minimum atomic E-state index is 0.484. The number of hydrogen-bond donors (Lipinski definition) is 2. The summed E-state index contributed by atoms with van der Waals surface area (Å²) in [5.41, 5.74) is 3.42. The molecule has 0 bridgehead atoms. The van der Waals surface area contributed by atoms with E-state index in [1.807, 2.05) is 67.7 Å². The predicted octanol–water partition coefficient (Wildman–Crippen LogP) is 5.97. The van der Waals surface area contributed by atoms with Crippen molar-refractivity contribution in [2.45, 2.75) is 6.92 Å². The Morgan fingerprint density at radius 1 is 0.818 bits per heavy atom. The lowest BCUT2D eigenvalue weighted by atomic mass is 10.1. The van der Waals surface area contributed by atoms with Crippen LogP contribution in [-0.2, 0) is 0 Å². The third-order valence-electron chi connectivity index (χ3n) is 5.24. The molecule has 0 fully saturated rings. The van der Waals surface area contributed by atoms with Gasteiger partial charge in [-0.25, -0.2) is 19.9 Å². The zero-order valence-electron chi connectivity index (χ0n) is 18.3. The van der Waals surface area contributed by atoms with Crippen molar-refractivity contribution in [2.24, 2.45) is 0 Å². The number of benzene rings is 2. The van der Waals surface area contributed by atoms with Gasteiger partial charge >= 0.3 is 0 Å². The van der Waals surface area contributed by atoms with Crippen LogP contribution >= 0.6 is 0 Å². The van der Waals surface area contributed by atoms with Crippen LogP contribution in [0.1, 0.15) is 5.56 Å². The third kappa shape index (κ3) is 4.29. The van der Waals surface area contributed by atoms with Gasteiger partial charge in [0.2, 0.25) is 11.8 Å². The second-order valence-corrected chi connectivity index (χ2v) is 7.46. The molecule has 0 saturated carbocycles. The Morgan fingerprint density at radius 3 is 2.58 bits per heavy atom. The molecule has 0 radical (unpaired) electrons. The number of aryl methyl sites for hydroxylation is 1. The molecule has 3 aromatic heterocycles. The lowest BCUT2D eigenvalue weighted by Crippen LogP contribution is -1.99. The summed E-state index contributed by atoms with van der Waals surface area (Å²) in [4.78, 5) is 17.6. The molecule has 33 heavy (non-hydrogen) atoms. The van der Waals surface area contributed by atoms with Crippen LogP contribution in [0.5, 0.6) is 11.6 Å². The van der Waals surface area contributed by atoms with Crippen LogP contribution in [0.25, 0.3) is 22.0 Å². The summed E-state index contributed by atoms with van der Waals surface area (Å²) in [6, 6.07) is 21.7. The van der Waals surface area contributed by atoms with Gasteiger partial charge in [-0.05, 0) is 60.3 Å². The minimum Gasteiger partial charge on any atom is -0.438 e. The van der Waals surface area contributed by atoms with E-state index < -0.39 is 0 Å². The number of ether oxygens (including phenoxy) is 1. The summed E-state index contributed by atoms with van der Waals surface area (Å²) in [6.45, 7) is 2.00. The molecule has 0 atom stereocenters. The molecule has 0 aliphatic heterocycles. The van der Waals surface area contributed by atoms with Gasteiger partial charge in [-0.2, -0.15) is 0 Å². The van der Waals surface area contributed by atoms with Gasteiger partial charge in [-0.1, -0.05) is 24.3 Å². The average Bonchev–Trinajstić information content (AvgIpc) is 2.86. The maximum absolute atomic E-state index is 6.21. The number of nitrogens with zero attached hydrogens (tertiary/aromatic N) is 4. The lowest BCUT2D eigenvalue weighted by Gasteiger charge is -2.14. The summed E-state index contributed by atoms with van der Waals surface area (Å²) < 4.78 is 6.21. The highest BCUT2D eigenvalue weighted by Gasteiger charge is 2.13. The number of aromatic nitrogens is 4. The monoisotopic (exact) mass is 434 g/mol. The molecular weight excluding hydrogens is 412 g/mol. The number of nitrogens with one attached hydrogen (secondary N) is 2. The summed E-state index contributed by atoms with van der Waals surface area (Å²) >= 11 is 0. The van der Waals surface area contributed by atoms with Gasteiger partial charge in [0.05, 0.1) is 11.3 Å². The van der Waals surface area contributed by atoms with E-state index >= 15 is 0 Å². The highest BCUT2D eigenvalue weighted by atomic mass is 16.5. The fraction of sp³-hybridized carbons (Fsp3) is 0.0769. The molecule has 0 spiro atoms. The predicted molar refractivity (Wildman–Crippen MR) is 131 cm³/mol. The van der Waals surface area contributed by atoms with Crippen molar-refractivity contribution in [3.63, 3.8) is 0 Å². The molecule has 162 valence electrons. The Bertz CT molecular complexity index is 1430. The molecule has 5 aromatic rings. The number of hydrogen-bond acceptors (Lipinski definition) is 7. The van der Waals surface area contributed by atoms with E-state index in [9.17, 15) is 0 Å². The van der Waals surface area contributed by atoms with Crippen molar-refractivity contribution >= 4 is 28.2 Å². The SMILES string of the molecule is CNc1nccc(-c2cccnc2Oc2ccc(Nc3nccc4ccccc34)cc2C)n1. The normalized spacial score (nSPS) is 10.7. The molecule has 7 heteroatoms. The minimum absolute atomic E-state index is 0.484. The molecule has 0 unspecified atom stereocenters. The van der Waals surface area contributed by atoms with Crippen LogP contribution in [0.15, 0.2) is 85.3 Å². The quantitative estimate of drug-likeness (QED) is 0.340. The number of pyridine rings is 2. The van der Waals surface area contributed by atoms with Gasteiger partial charge in [-0.15, -0.1) is 0 Å². The number of rotatable bonds is 6. The summed E-state index contributed by atoms with van der Waals surface area (Å²) in [5, 5.41) is 8.59. The summed E-state index contributed by atoms with van der Waals surface area (Å²) in [7, 11) is 1.78. The standard InChI is InChI=1S/C26H22N6O/c1-17-16-19(31-24-20-7-4-3-6-18(20)11-14-28-24)9-10-23(17)33-25-21(8-5-13-29-25)22-12-15-30-26(27-2)32-22/h3-16H,1-2H3,(H,28,31)(H,27,30,32). The summed E-state index contributed by atoms with van der Waals surface area (Å²) in [6.07, 6.45) is 5.22. The van der Waals surface area contributed by atoms with Gasteiger partial charge < -0.3 is 15.4 Å². The Labute approximate surface area is 191 Å². The summed E-state index contributed by atoms with van der Waals surface area (Å²) in [5.74, 6) is 2.56. The van der Waals surface area contributed by atoms with Crippen LogP contribution in [0.4, 0.5) is 17.5 Å². The van der Waals surface area contributed by atoms with Crippen molar-refractivity contribution in [3.8, 4) is 22.9 Å². The Balaban J connectivity index is 1.42. The fourth-order valence-corrected chi connectivity index (χ4v) is 3.60. The third-order valence-corrected chi connectivity index (χ3v) is 5.24. The van der Waals surface area contributed by atoms with Crippen LogP contribution in [0.2, 0.25) is 0 Å². The smallest absolute Gasteiger partial charge is 0.228 e. The van der Waals surface area contributed by atoms with E-state index in [0.717, 1.165) is 39.1 Å². The largest absolute Gasteiger partial charge is 0.438 e. The first-order chi connectivity index (χ1) is 16.2. The maximum atomic E-state index is 6.21. The fourth-order valence-electron chi connectivity index (χ4n) is 3.60. The van der Waals surface area contributed by atoms with Crippen LogP contribution in [0.3, 0.4) is 0 Å². The molecule has 3 heterocycles. The zero-order valence-corrected chi connectivity index (χ0v) is 18.3. The first kappa shape index (κ1) is 20.4. The Kier molecular flexibility index (Phi) is 5.51. The van der Waals surface area contributed by atoms with Gasteiger partial charge in [0.25, 0.3) is 0 Å². The van der Waals surface area contributed by atoms with Crippen LogP contribution < -0.4 is 15.4 Å². The van der Waals surface area contributed by atoms with Crippen molar-refractivity contribution in [3.05, 3.63) is 90.9 Å². The molecule has 0 aliphatic rings. The first-order valence-electron chi connectivity index (χ1n) is 10.6. The van der Waals surface area contributed by atoms with Gasteiger partial charge in [-0.3, -0.25) is 0 Å². The van der Waals surface area contributed by atoms with Gasteiger partial charge in [0, 0.05) is 36.7 Å². The topological polar surface area (TPSA) is 84.9 Å². The molecule has 0 amide bonds. The van der Waals surface area contributed by atoms with E-state index in [1.54, 1.807) is 19.4 Å². The highest BCUT2D eigenvalue weighted by molar-refractivity contribution is 5.93. The van der Waals surface area contributed by atoms with Crippen molar-refractivity contribution in [1.82, 2.24) is 19.9 Å². The van der Waals surface area contributed by atoms with Crippen molar-refractivity contribution in [2.75, 3.05) is 17.7 Å². The number of anilines is 3. The van der Waals surface area contributed by atoms with E-state index in [2.05, 4.69) is 42.7 Å². The number of fused-ring (bicyclic) bond motifs is 1. The van der Waals surface area contributed by atoms with Crippen LogP contribution in [-0.4, -0.2) is 27.0 Å². The molecule has 5 rings (SSSR count). The highest BCUT2D eigenvalue weighted by Crippen LogP contribution is 2.33. The van der Waals surface area contributed by atoms with Crippen LogP contribution in [0, 0.1) is 6.92 Å². The lowest BCUT2D eigenvalue weighted by molar-refractivity contribution is 0.461. The first-order valence-corrected chi connectivity index (χ1v) is 10.6. The van der Waals surface area contributed by atoms with E-state index in [-0.39, 0.29) is 0 Å². The second-order valence-electron chi connectivity index (χ2n) is 7.46. The zero-order chi connectivity index (χ0) is 22.6. The van der Waals surface area contributed by atoms with E-state index in [4.69, 9.17) is 4.74 Å². The molecule has 0 saturated heterocycles. The Hall–Kier alpha value is -4.52.